The van der Waals surface area contributed by atoms with E-state index in [1.54, 1.807) is 18.2 Å². The molecule has 0 aliphatic heterocycles. The van der Waals surface area contributed by atoms with Gasteiger partial charge in [-0.3, -0.25) is 4.79 Å². The van der Waals surface area contributed by atoms with Crippen molar-refractivity contribution >= 4 is 29.1 Å². The number of halogens is 2. The zero-order chi connectivity index (χ0) is 19.1. The molecule has 0 atom stereocenters. The lowest BCUT2D eigenvalue weighted by molar-refractivity contribution is -0.115. The van der Waals surface area contributed by atoms with Gasteiger partial charge in [-0.25, -0.2) is 0 Å². The average Bonchev–Trinajstić information content (AvgIpc) is 2.69. The Kier molecular flexibility index (Phi) is 6.54. The van der Waals surface area contributed by atoms with Gasteiger partial charge >= 0.3 is 0 Å². The van der Waals surface area contributed by atoms with Gasteiger partial charge in [-0.1, -0.05) is 89.8 Å². The smallest absolute Gasteiger partial charge is 0.296 e. The van der Waals surface area contributed by atoms with Gasteiger partial charge in [-0.2, -0.15) is 0 Å². The van der Waals surface area contributed by atoms with E-state index in [4.69, 9.17) is 23.2 Å². The van der Waals surface area contributed by atoms with Crippen molar-refractivity contribution in [3.8, 4) is 11.8 Å². The fourth-order valence-corrected chi connectivity index (χ4v) is 3.21. The second-order valence-corrected chi connectivity index (χ2v) is 6.80. The molecule has 0 saturated heterocycles. The Balaban J connectivity index is 1.72. The van der Waals surface area contributed by atoms with E-state index in [2.05, 4.69) is 41.4 Å². The first kappa shape index (κ1) is 19.0. The van der Waals surface area contributed by atoms with Crippen molar-refractivity contribution in [1.29, 1.82) is 0 Å². The summed E-state index contributed by atoms with van der Waals surface area (Å²) in [5, 5.41) is 3.86. The predicted octanol–water partition coefficient (Wildman–Crippen LogP) is 5.29. The Hall–Kier alpha value is -2.73. The van der Waals surface area contributed by atoms with Gasteiger partial charge in [0.1, 0.15) is 0 Å². The number of nitrogens with one attached hydrogen (secondary N) is 1. The molecule has 2 nitrogen and oxygen atoms in total. The molecule has 0 radical (unpaired) electrons. The monoisotopic (exact) mass is 393 g/mol. The molecule has 0 aliphatic carbocycles. The van der Waals surface area contributed by atoms with E-state index >= 15 is 0 Å². The lowest BCUT2D eigenvalue weighted by Crippen LogP contribution is -2.27. The molecule has 0 bridgehead atoms. The van der Waals surface area contributed by atoms with Crippen LogP contribution in [-0.4, -0.2) is 12.5 Å². The minimum atomic E-state index is -0.349. The summed E-state index contributed by atoms with van der Waals surface area (Å²) >= 11 is 12.0. The molecule has 0 spiro atoms. The number of hydrogen-bond donors (Lipinski definition) is 1. The maximum absolute atomic E-state index is 12.2. The summed E-state index contributed by atoms with van der Waals surface area (Å²) in [5.74, 6) is 5.08. The highest BCUT2D eigenvalue weighted by Gasteiger charge is 2.14. The van der Waals surface area contributed by atoms with Gasteiger partial charge in [0.2, 0.25) is 0 Å². The van der Waals surface area contributed by atoms with Crippen LogP contribution < -0.4 is 5.32 Å². The van der Waals surface area contributed by atoms with Crippen LogP contribution in [0.15, 0.2) is 78.9 Å². The van der Waals surface area contributed by atoms with Crippen LogP contribution in [0.1, 0.15) is 22.6 Å². The molecular weight excluding hydrogens is 377 g/mol. The van der Waals surface area contributed by atoms with Gasteiger partial charge in [0.05, 0.1) is 5.02 Å². The van der Waals surface area contributed by atoms with Crippen molar-refractivity contribution < 1.29 is 4.79 Å². The first-order valence-corrected chi connectivity index (χ1v) is 9.24. The van der Waals surface area contributed by atoms with E-state index in [0.29, 0.717) is 22.2 Å². The molecule has 0 fully saturated rings. The number of rotatable bonds is 4. The average molecular weight is 394 g/mol. The Labute approximate surface area is 169 Å². The minimum absolute atomic E-state index is 0.0530. The van der Waals surface area contributed by atoms with Gasteiger partial charge < -0.3 is 5.32 Å². The quantitative estimate of drug-likeness (QED) is 0.599. The molecule has 27 heavy (non-hydrogen) atoms. The predicted molar refractivity (Wildman–Crippen MR) is 111 cm³/mol. The summed E-state index contributed by atoms with van der Waals surface area (Å²) in [6.45, 7) is 0.454. The highest BCUT2D eigenvalue weighted by atomic mass is 35.5. The van der Waals surface area contributed by atoms with E-state index < -0.39 is 0 Å². The molecule has 0 saturated carbocycles. The van der Waals surface area contributed by atoms with E-state index in [1.807, 2.05) is 36.4 Å². The second-order valence-electron chi connectivity index (χ2n) is 5.96. The van der Waals surface area contributed by atoms with E-state index in [1.165, 1.54) is 0 Å². The Morgan fingerprint density at radius 2 is 1.48 bits per heavy atom. The van der Waals surface area contributed by atoms with Crippen molar-refractivity contribution in [2.75, 3.05) is 6.54 Å². The zero-order valence-corrected chi connectivity index (χ0v) is 16.0. The Morgan fingerprint density at radius 1 is 0.889 bits per heavy atom. The first-order valence-electron chi connectivity index (χ1n) is 8.48. The molecule has 4 heteroatoms. The Bertz CT molecular complexity index is 936. The van der Waals surface area contributed by atoms with Gasteiger partial charge in [0, 0.05) is 29.0 Å². The van der Waals surface area contributed by atoms with Crippen molar-refractivity contribution in [3.05, 3.63) is 106 Å². The molecule has 3 rings (SSSR count). The molecule has 0 unspecified atom stereocenters. The topological polar surface area (TPSA) is 29.1 Å². The first-order chi connectivity index (χ1) is 13.1. The van der Waals surface area contributed by atoms with Crippen LogP contribution in [0.5, 0.6) is 0 Å². The molecule has 1 N–H and O–H groups in total. The molecule has 3 aromatic carbocycles. The summed E-state index contributed by atoms with van der Waals surface area (Å²) in [6.07, 6.45) is 0. The highest BCUT2D eigenvalue weighted by molar-refractivity contribution is 6.35. The number of amides is 1. The fourth-order valence-electron chi connectivity index (χ4n) is 2.75. The van der Waals surface area contributed by atoms with Crippen molar-refractivity contribution in [2.24, 2.45) is 0 Å². The van der Waals surface area contributed by atoms with Crippen LogP contribution in [-0.2, 0) is 4.79 Å². The van der Waals surface area contributed by atoms with Crippen molar-refractivity contribution in [2.45, 2.75) is 5.92 Å². The number of carbonyl (C=O) groups is 1. The third kappa shape index (κ3) is 5.37. The molecular formula is C23H17Cl2NO. The number of hydrogen-bond acceptors (Lipinski definition) is 1. The Morgan fingerprint density at radius 3 is 2.04 bits per heavy atom. The van der Waals surface area contributed by atoms with Gasteiger partial charge in [-0.15, -0.1) is 0 Å². The summed E-state index contributed by atoms with van der Waals surface area (Å²) in [5.41, 5.74) is 2.84. The summed E-state index contributed by atoms with van der Waals surface area (Å²) in [4.78, 5) is 12.2. The minimum Gasteiger partial charge on any atom is -0.344 e. The van der Waals surface area contributed by atoms with Crippen molar-refractivity contribution in [3.63, 3.8) is 0 Å². The summed E-state index contributed by atoms with van der Waals surface area (Å²) < 4.78 is 0. The van der Waals surface area contributed by atoms with Crippen LogP contribution in [0, 0.1) is 11.8 Å². The maximum Gasteiger partial charge on any atom is 0.296 e. The lowest BCUT2D eigenvalue weighted by atomic mass is 9.91. The third-order valence-corrected chi connectivity index (χ3v) is 4.66. The largest absolute Gasteiger partial charge is 0.344 e. The summed E-state index contributed by atoms with van der Waals surface area (Å²) in [6, 6.07) is 25.2. The molecule has 0 aromatic heterocycles. The molecule has 134 valence electrons. The second kappa shape index (κ2) is 9.28. The fraction of sp³-hybridized carbons (Fsp3) is 0.0870. The van der Waals surface area contributed by atoms with Crippen molar-refractivity contribution in [1.82, 2.24) is 5.32 Å². The maximum atomic E-state index is 12.2. The number of carbonyl (C=O) groups excluding carboxylic acids is 1. The van der Waals surface area contributed by atoms with E-state index in [0.717, 1.165) is 11.1 Å². The lowest BCUT2D eigenvalue weighted by Gasteiger charge is -2.18. The summed E-state index contributed by atoms with van der Waals surface area (Å²) in [7, 11) is 0. The molecule has 0 heterocycles. The standard InChI is InChI=1S/C23H17Cl2NO/c24-20-13-11-19(22(25)15-20)12-14-23(27)26-16-21(17-7-3-1-4-8-17)18-9-5-2-6-10-18/h1-11,13,15,21H,16H2,(H,26,27). The third-order valence-electron chi connectivity index (χ3n) is 4.11. The zero-order valence-electron chi connectivity index (χ0n) is 14.5. The van der Waals surface area contributed by atoms with Crippen LogP contribution in [0.3, 0.4) is 0 Å². The molecule has 0 aliphatic rings. The van der Waals surface area contributed by atoms with Gasteiger partial charge in [-0.05, 0) is 29.3 Å². The van der Waals surface area contributed by atoms with Crippen LogP contribution in [0.2, 0.25) is 10.0 Å². The highest BCUT2D eigenvalue weighted by Crippen LogP contribution is 2.23. The van der Waals surface area contributed by atoms with Crippen LogP contribution in [0.25, 0.3) is 0 Å². The van der Waals surface area contributed by atoms with E-state index in [-0.39, 0.29) is 11.8 Å². The van der Waals surface area contributed by atoms with Gasteiger partial charge in [0.15, 0.2) is 0 Å². The molecule has 3 aromatic rings. The number of benzene rings is 3. The SMILES string of the molecule is O=C(C#Cc1ccc(Cl)cc1Cl)NCC(c1ccccc1)c1ccccc1. The van der Waals surface area contributed by atoms with Crippen LogP contribution >= 0.6 is 23.2 Å². The normalized spacial score (nSPS) is 10.2. The molecule has 1 amide bonds. The van der Waals surface area contributed by atoms with Gasteiger partial charge in [0.25, 0.3) is 5.91 Å². The van der Waals surface area contributed by atoms with E-state index in [9.17, 15) is 4.79 Å². The van der Waals surface area contributed by atoms with Crippen LogP contribution in [0.4, 0.5) is 0 Å².